The van der Waals surface area contributed by atoms with E-state index in [4.69, 9.17) is 4.52 Å². The van der Waals surface area contributed by atoms with E-state index >= 15 is 0 Å². The Balaban J connectivity index is 1.61. The summed E-state index contributed by atoms with van der Waals surface area (Å²) in [5, 5.41) is 8.10. The molecule has 3 aromatic rings. The van der Waals surface area contributed by atoms with E-state index in [1.165, 1.54) is 4.68 Å². The van der Waals surface area contributed by atoms with Crippen molar-refractivity contribution >= 4 is 11.4 Å². The van der Waals surface area contributed by atoms with Gasteiger partial charge in [0.25, 0.3) is 5.56 Å². The summed E-state index contributed by atoms with van der Waals surface area (Å²) in [6.07, 6.45) is 5.08. The maximum absolute atomic E-state index is 12.8. The van der Waals surface area contributed by atoms with Gasteiger partial charge in [0.15, 0.2) is 0 Å². The Morgan fingerprint density at radius 1 is 1.40 bits per heavy atom. The molecule has 0 N–H and O–H groups in total. The SMILES string of the molecule is Cc1noc(C)c1[C@@H]1CCCN1C(=O)Cn1ncn2cccc2c1=O. The zero-order chi connectivity index (χ0) is 17.6. The maximum atomic E-state index is 12.8. The molecule has 0 spiro atoms. The molecule has 1 amide bonds. The fraction of sp³-hybridized carbons (Fsp3) is 0.412. The van der Waals surface area contributed by atoms with Gasteiger partial charge in [0.05, 0.1) is 11.7 Å². The van der Waals surface area contributed by atoms with Crippen molar-refractivity contribution in [3.8, 4) is 0 Å². The van der Waals surface area contributed by atoms with E-state index in [2.05, 4.69) is 10.3 Å². The quantitative estimate of drug-likeness (QED) is 0.720. The Morgan fingerprint density at radius 3 is 3.00 bits per heavy atom. The lowest BCUT2D eigenvalue weighted by atomic mass is 10.0. The Morgan fingerprint density at radius 2 is 2.24 bits per heavy atom. The molecule has 1 atom stereocenters. The molecule has 8 nitrogen and oxygen atoms in total. The summed E-state index contributed by atoms with van der Waals surface area (Å²) in [6.45, 7) is 4.35. The van der Waals surface area contributed by atoms with Crippen molar-refractivity contribution in [2.24, 2.45) is 0 Å². The van der Waals surface area contributed by atoms with E-state index in [0.717, 1.165) is 29.9 Å². The summed E-state index contributed by atoms with van der Waals surface area (Å²) < 4.78 is 8.12. The van der Waals surface area contributed by atoms with Gasteiger partial charge in [-0.05, 0) is 38.8 Å². The molecule has 4 heterocycles. The molecule has 130 valence electrons. The van der Waals surface area contributed by atoms with E-state index in [1.54, 1.807) is 29.1 Å². The van der Waals surface area contributed by atoms with Crippen LogP contribution in [-0.4, -0.2) is 36.7 Å². The van der Waals surface area contributed by atoms with E-state index in [9.17, 15) is 9.59 Å². The van der Waals surface area contributed by atoms with Crippen LogP contribution in [0.1, 0.15) is 35.9 Å². The average molecular weight is 341 g/mol. The molecule has 1 aliphatic rings. The van der Waals surface area contributed by atoms with E-state index in [1.807, 2.05) is 18.7 Å². The van der Waals surface area contributed by atoms with Crippen LogP contribution < -0.4 is 5.56 Å². The normalized spacial score (nSPS) is 17.5. The fourth-order valence-corrected chi connectivity index (χ4v) is 3.64. The molecular formula is C17H19N5O3. The number of hydrogen-bond donors (Lipinski definition) is 0. The molecule has 4 rings (SSSR count). The molecule has 0 bridgehead atoms. The van der Waals surface area contributed by atoms with Crippen LogP contribution in [0.4, 0.5) is 0 Å². The molecule has 0 aliphatic carbocycles. The molecule has 0 saturated carbocycles. The van der Waals surface area contributed by atoms with Gasteiger partial charge in [-0.15, -0.1) is 0 Å². The van der Waals surface area contributed by atoms with Gasteiger partial charge in [-0.25, -0.2) is 4.68 Å². The number of hydrogen-bond acceptors (Lipinski definition) is 5. The van der Waals surface area contributed by atoms with Gasteiger partial charge in [-0.3, -0.25) is 9.59 Å². The van der Waals surface area contributed by atoms with Crippen LogP contribution in [0.3, 0.4) is 0 Å². The highest BCUT2D eigenvalue weighted by molar-refractivity contribution is 5.77. The summed E-state index contributed by atoms with van der Waals surface area (Å²) >= 11 is 0. The van der Waals surface area contributed by atoms with Gasteiger partial charge in [0, 0.05) is 18.3 Å². The summed E-state index contributed by atoms with van der Waals surface area (Å²) in [6, 6.07) is 3.44. The van der Waals surface area contributed by atoms with Crippen molar-refractivity contribution in [1.29, 1.82) is 0 Å². The third-order valence-electron chi connectivity index (χ3n) is 4.83. The van der Waals surface area contributed by atoms with Crippen LogP contribution in [0.2, 0.25) is 0 Å². The van der Waals surface area contributed by atoms with Crippen molar-refractivity contribution in [3.63, 3.8) is 0 Å². The number of rotatable bonds is 3. The average Bonchev–Trinajstić information content (AvgIpc) is 3.30. The van der Waals surface area contributed by atoms with Crippen molar-refractivity contribution in [2.45, 2.75) is 39.3 Å². The monoisotopic (exact) mass is 341 g/mol. The predicted octanol–water partition coefficient (Wildman–Crippen LogP) is 1.46. The van der Waals surface area contributed by atoms with Gasteiger partial charge in [0.2, 0.25) is 5.91 Å². The maximum Gasteiger partial charge on any atom is 0.291 e. The zero-order valence-electron chi connectivity index (χ0n) is 14.2. The predicted molar refractivity (Wildman–Crippen MR) is 89.1 cm³/mol. The van der Waals surface area contributed by atoms with Crippen molar-refractivity contribution in [1.82, 2.24) is 24.2 Å². The van der Waals surface area contributed by atoms with Crippen LogP contribution >= 0.6 is 0 Å². The topological polar surface area (TPSA) is 85.6 Å². The van der Waals surface area contributed by atoms with E-state index in [-0.39, 0.29) is 24.1 Å². The lowest BCUT2D eigenvalue weighted by molar-refractivity contribution is -0.133. The highest BCUT2D eigenvalue weighted by atomic mass is 16.5. The summed E-state index contributed by atoms with van der Waals surface area (Å²) in [5.74, 6) is 0.625. The number of aryl methyl sites for hydroxylation is 2. The largest absolute Gasteiger partial charge is 0.361 e. The van der Waals surface area contributed by atoms with E-state index < -0.39 is 0 Å². The van der Waals surface area contributed by atoms with Gasteiger partial charge in [0.1, 0.15) is 24.1 Å². The Bertz CT molecular complexity index is 980. The standard InChI is InChI=1S/C17H19N5O3/c1-11-16(12(2)25-19-11)13-5-4-8-21(13)15(23)9-22-17(24)14-6-3-7-20(14)10-18-22/h3,6-7,10,13H,4-5,8-9H2,1-2H3/t13-/m0/s1. The zero-order valence-corrected chi connectivity index (χ0v) is 14.2. The molecule has 3 aromatic heterocycles. The van der Waals surface area contributed by atoms with Crippen molar-refractivity contribution in [3.05, 3.63) is 52.0 Å². The molecule has 1 saturated heterocycles. The molecule has 1 fully saturated rings. The van der Waals surface area contributed by atoms with Crippen LogP contribution in [-0.2, 0) is 11.3 Å². The first-order valence-corrected chi connectivity index (χ1v) is 8.31. The van der Waals surface area contributed by atoms with Gasteiger partial charge in [-0.1, -0.05) is 5.16 Å². The Kier molecular flexibility index (Phi) is 3.67. The van der Waals surface area contributed by atoms with Crippen LogP contribution in [0.25, 0.3) is 5.52 Å². The first-order chi connectivity index (χ1) is 12.1. The lowest BCUT2D eigenvalue weighted by Gasteiger charge is -2.24. The number of fused-ring (bicyclic) bond motifs is 1. The van der Waals surface area contributed by atoms with Gasteiger partial charge < -0.3 is 13.8 Å². The van der Waals surface area contributed by atoms with Gasteiger partial charge in [-0.2, -0.15) is 5.10 Å². The molecule has 0 aromatic carbocycles. The number of carbonyl (C=O) groups is 1. The molecule has 0 radical (unpaired) electrons. The molecule has 1 aliphatic heterocycles. The Hall–Kier alpha value is -2.90. The Labute approximate surface area is 143 Å². The third kappa shape index (κ3) is 2.54. The lowest BCUT2D eigenvalue weighted by Crippen LogP contribution is -2.37. The number of amides is 1. The van der Waals surface area contributed by atoms with Crippen LogP contribution in [0, 0.1) is 13.8 Å². The second kappa shape index (κ2) is 5.87. The summed E-state index contributed by atoms with van der Waals surface area (Å²) in [7, 11) is 0. The summed E-state index contributed by atoms with van der Waals surface area (Å²) in [5.41, 5.74) is 2.03. The second-order valence-corrected chi connectivity index (χ2v) is 6.38. The second-order valence-electron chi connectivity index (χ2n) is 6.38. The minimum atomic E-state index is -0.270. The molecule has 25 heavy (non-hydrogen) atoms. The van der Waals surface area contributed by atoms with Crippen LogP contribution in [0.15, 0.2) is 34.0 Å². The smallest absolute Gasteiger partial charge is 0.291 e. The number of aromatic nitrogens is 4. The highest BCUT2D eigenvalue weighted by Gasteiger charge is 2.34. The van der Waals surface area contributed by atoms with E-state index in [0.29, 0.717) is 12.1 Å². The van der Waals surface area contributed by atoms with Crippen LogP contribution in [0.5, 0.6) is 0 Å². The minimum Gasteiger partial charge on any atom is -0.361 e. The number of carbonyl (C=O) groups excluding carboxylic acids is 1. The first kappa shape index (κ1) is 15.6. The fourth-order valence-electron chi connectivity index (χ4n) is 3.64. The van der Waals surface area contributed by atoms with Crippen molar-refractivity contribution in [2.75, 3.05) is 6.54 Å². The van der Waals surface area contributed by atoms with Gasteiger partial charge >= 0.3 is 0 Å². The number of likely N-dealkylation sites (tertiary alicyclic amines) is 1. The molecular weight excluding hydrogens is 322 g/mol. The molecule has 0 unspecified atom stereocenters. The summed E-state index contributed by atoms with van der Waals surface area (Å²) in [4.78, 5) is 27.1. The number of nitrogens with zero attached hydrogens (tertiary/aromatic N) is 5. The highest BCUT2D eigenvalue weighted by Crippen LogP contribution is 2.35. The molecule has 8 heteroatoms. The van der Waals surface area contributed by atoms with Crippen molar-refractivity contribution < 1.29 is 9.32 Å². The first-order valence-electron chi connectivity index (χ1n) is 8.31. The minimum absolute atomic E-state index is 0.0496. The third-order valence-corrected chi connectivity index (χ3v) is 4.83.